The molecule has 0 saturated carbocycles. The maximum Gasteiger partial charge on any atom is 0.412 e. The summed E-state index contributed by atoms with van der Waals surface area (Å²) in [6, 6.07) is 18.3. The number of anilines is 1. The minimum absolute atomic E-state index is 0.0274. The van der Waals surface area contributed by atoms with Crippen LogP contribution in [0.2, 0.25) is 0 Å². The fourth-order valence-electron chi connectivity index (χ4n) is 3.55. The maximum atomic E-state index is 13.0. The molecule has 1 amide bonds. The Kier molecular flexibility index (Phi) is 9.85. The first kappa shape index (κ1) is 26.1. The molecule has 0 aliphatic heterocycles. The van der Waals surface area contributed by atoms with Gasteiger partial charge in [0.15, 0.2) is 6.10 Å². The molecular weight excluding hydrogens is 569 g/mol. The number of rotatable bonds is 10. The second-order valence-corrected chi connectivity index (χ2v) is 8.90. The minimum Gasteiger partial charge on any atom is -0.508 e. The van der Waals surface area contributed by atoms with Gasteiger partial charge in [-0.1, -0.05) is 36.4 Å². The van der Waals surface area contributed by atoms with E-state index in [9.17, 15) is 14.7 Å². The van der Waals surface area contributed by atoms with Crippen molar-refractivity contribution < 1.29 is 28.9 Å². The van der Waals surface area contributed by atoms with E-state index in [1.165, 1.54) is 0 Å². The predicted octanol–water partition coefficient (Wildman–Crippen LogP) is 5.71. The second kappa shape index (κ2) is 12.8. The molecule has 34 heavy (non-hydrogen) atoms. The highest BCUT2D eigenvalue weighted by Gasteiger charge is 2.30. The van der Waals surface area contributed by atoms with Crippen LogP contribution in [0.5, 0.6) is 5.75 Å². The summed E-state index contributed by atoms with van der Waals surface area (Å²) < 4.78 is 17.7. The van der Waals surface area contributed by atoms with Gasteiger partial charge in [0.05, 0.1) is 18.0 Å². The van der Waals surface area contributed by atoms with Crippen molar-refractivity contribution in [2.24, 2.45) is 0 Å². The number of benzene rings is 3. The van der Waals surface area contributed by atoms with Crippen molar-refractivity contribution in [1.29, 1.82) is 0 Å². The Morgan fingerprint density at radius 2 is 1.88 bits per heavy atom. The van der Waals surface area contributed by atoms with Crippen molar-refractivity contribution in [2.75, 3.05) is 24.3 Å². The number of carbonyl (C=O) groups excluding carboxylic acids is 2. The number of phenolic OH excluding ortho intramolecular Hbond substituents is 1. The van der Waals surface area contributed by atoms with E-state index in [2.05, 4.69) is 40.5 Å². The Labute approximate surface area is 217 Å². The molecule has 7 nitrogen and oxygen atoms in total. The highest BCUT2D eigenvalue weighted by molar-refractivity contribution is 14.1. The number of halogens is 1. The third kappa shape index (κ3) is 7.00. The van der Waals surface area contributed by atoms with E-state index >= 15 is 0 Å². The largest absolute Gasteiger partial charge is 0.508 e. The standard InChI is InChI=1S/C25H26INO6S/c1-2-31-22(12-13-32-23(29)15-34)24(19-14-17(26)10-11-21(19)28)33-25(30)27-20-9-5-7-16-6-3-4-8-18(16)20/h3-11,14,22,24,28,34H,2,12-13,15H2,1H3,(H,27,30)/t22-,24-/m0/s1. The molecule has 0 radical (unpaired) electrons. The van der Waals surface area contributed by atoms with Crippen LogP contribution in [0, 0.1) is 3.57 Å². The fourth-order valence-corrected chi connectivity index (χ4v) is 4.16. The first-order chi connectivity index (χ1) is 16.4. The lowest BCUT2D eigenvalue weighted by molar-refractivity contribution is -0.142. The van der Waals surface area contributed by atoms with Crippen LogP contribution in [0.1, 0.15) is 25.0 Å². The Hall–Kier alpha value is -2.50. The normalized spacial score (nSPS) is 12.7. The van der Waals surface area contributed by atoms with Crippen molar-refractivity contribution >= 4 is 63.7 Å². The number of carbonyl (C=O) groups is 2. The molecule has 3 rings (SSSR count). The van der Waals surface area contributed by atoms with Gasteiger partial charge < -0.3 is 19.3 Å². The SMILES string of the molecule is CCO[C@@H](CCOC(=O)CS)[C@@H](OC(=O)Nc1cccc2ccccc12)c1cc(I)ccc1O. The number of amides is 1. The quantitative estimate of drug-likeness (QED) is 0.158. The van der Waals surface area contributed by atoms with E-state index < -0.39 is 24.3 Å². The molecule has 0 bridgehead atoms. The summed E-state index contributed by atoms with van der Waals surface area (Å²) in [5, 5.41) is 15.2. The third-order valence-electron chi connectivity index (χ3n) is 5.07. The van der Waals surface area contributed by atoms with E-state index in [1.807, 2.05) is 43.3 Å². The van der Waals surface area contributed by atoms with Crippen LogP contribution in [0.4, 0.5) is 10.5 Å². The van der Waals surface area contributed by atoms with Crippen LogP contribution in [-0.2, 0) is 19.0 Å². The average molecular weight is 595 g/mol. The predicted molar refractivity (Wildman–Crippen MR) is 142 cm³/mol. The molecule has 0 saturated heterocycles. The van der Waals surface area contributed by atoms with Gasteiger partial charge in [-0.15, -0.1) is 0 Å². The number of aromatic hydroxyl groups is 1. The highest BCUT2D eigenvalue weighted by atomic mass is 127. The van der Waals surface area contributed by atoms with Crippen LogP contribution in [-0.4, -0.2) is 42.2 Å². The van der Waals surface area contributed by atoms with Gasteiger partial charge in [-0.2, -0.15) is 12.6 Å². The Morgan fingerprint density at radius 3 is 2.65 bits per heavy atom. The zero-order chi connectivity index (χ0) is 24.5. The molecule has 0 unspecified atom stereocenters. The Bertz CT molecular complexity index is 1140. The van der Waals surface area contributed by atoms with Crippen molar-refractivity contribution in [2.45, 2.75) is 25.6 Å². The average Bonchev–Trinajstić information content (AvgIpc) is 2.84. The number of ether oxygens (including phenoxy) is 3. The molecule has 2 atom stereocenters. The number of esters is 1. The number of thiol groups is 1. The van der Waals surface area contributed by atoms with Gasteiger partial charge in [0.2, 0.25) is 0 Å². The molecule has 0 spiro atoms. The molecule has 0 aliphatic carbocycles. The van der Waals surface area contributed by atoms with Crippen LogP contribution in [0.15, 0.2) is 60.7 Å². The summed E-state index contributed by atoms with van der Waals surface area (Å²) >= 11 is 6.02. The third-order valence-corrected chi connectivity index (χ3v) is 6.00. The second-order valence-electron chi connectivity index (χ2n) is 7.34. The van der Waals surface area contributed by atoms with Crippen LogP contribution in [0.3, 0.4) is 0 Å². The molecule has 3 aromatic carbocycles. The first-order valence-corrected chi connectivity index (χ1v) is 12.5. The van der Waals surface area contributed by atoms with Crippen LogP contribution in [0.25, 0.3) is 10.8 Å². The van der Waals surface area contributed by atoms with Crippen molar-refractivity contribution in [3.05, 3.63) is 69.8 Å². The lowest BCUT2D eigenvalue weighted by Crippen LogP contribution is -2.30. The summed E-state index contributed by atoms with van der Waals surface area (Å²) in [6.45, 7) is 2.20. The number of hydrogen-bond donors (Lipinski definition) is 3. The number of phenols is 1. The van der Waals surface area contributed by atoms with E-state index in [-0.39, 0.29) is 24.5 Å². The molecule has 2 N–H and O–H groups in total. The summed E-state index contributed by atoms with van der Waals surface area (Å²) in [5.41, 5.74) is 1.00. The van der Waals surface area contributed by atoms with Crippen molar-refractivity contribution in [1.82, 2.24) is 0 Å². The van der Waals surface area contributed by atoms with E-state index in [0.717, 1.165) is 14.3 Å². The van der Waals surface area contributed by atoms with Crippen molar-refractivity contribution in [3.8, 4) is 5.75 Å². The molecular formula is C25H26INO6S. The van der Waals surface area contributed by atoms with E-state index in [4.69, 9.17) is 14.2 Å². The number of nitrogens with one attached hydrogen (secondary N) is 1. The molecule has 9 heteroatoms. The van der Waals surface area contributed by atoms with Crippen molar-refractivity contribution in [3.63, 3.8) is 0 Å². The topological polar surface area (TPSA) is 94.1 Å². The molecule has 0 aliphatic rings. The smallest absolute Gasteiger partial charge is 0.412 e. The van der Waals surface area contributed by atoms with Gasteiger partial charge in [-0.3, -0.25) is 10.1 Å². The Balaban J connectivity index is 1.86. The maximum absolute atomic E-state index is 13.0. The summed E-state index contributed by atoms with van der Waals surface area (Å²) in [5.74, 6) is -0.521. The molecule has 0 fully saturated rings. The molecule has 180 valence electrons. The summed E-state index contributed by atoms with van der Waals surface area (Å²) in [7, 11) is 0. The van der Waals surface area contributed by atoms with Gasteiger partial charge in [-0.05, 0) is 59.2 Å². The highest BCUT2D eigenvalue weighted by Crippen LogP contribution is 2.34. The molecule has 0 heterocycles. The van der Waals surface area contributed by atoms with E-state index in [0.29, 0.717) is 17.9 Å². The first-order valence-electron chi connectivity index (χ1n) is 10.7. The zero-order valence-electron chi connectivity index (χ0n) is 18.6. The monoisotopic (exact) mass is 595 g/mol. The molecule has 0 aromatic heterocycles. The van der Waals surface area contributed by atoms with Gasteiger partial charge in [0.1, 0.15) is 11.9 Å². The fraction of sp³-hybridized carbons (Fsp3) is 0.280. The number of fused-ring (bicyclic) bond motifs is 1. The Morgan fingerprint density at radius 1 is 1.12 bits per heavy atom. The summed E-state index contributed by atoms with van der Waals surface area (Å²) in [6.07, 6.45) is -2.05. The van der Waals surface area contributed by atoms with Gasteiger partial charge in [-0.25, -0.2) is 4.79 Å². The van der Waals surface area contributed by atoms with Gasteiger partial charge >= 0.3 is 12.1 Å². The van der Waals surface area contributed by atoms with Crippen LogP contribution >= 0.6 is 35.2 Å². The van der Waals surface area contributed by atoms with Gasteiger partial charge in [0, 0.05) is 27.5 Å². The minimum atomic E-state index is -0.945. The lowest BCUT2D eigenvalue weighted by Gasteiger charge is -2.28. The molecule has 3 aromatic rings. The summed E-state index contributed by atoms with van der Waals surface area (Å²) in [4.78, 5) is 24.5. The van der Waals surface area contributed by atoms with Crippen LogP contribution < -0.4 is 5.32 Å². The van der Waals surface area contributed by atoms with Gasteiger partial charge in [0.25, 0.3) is 0 Å². The number of hydrogen-bond acceptors (Lipinski definition) is 7. The zero-order valence-corrected chi connectivity index (χ0v) is 21.6. The van der Waals surface area contributed by atoms with E-state index in [1.54, 1.807) is 24.3 Å². The lowest BCUT2D eigenvalue weighted by atomic mass is 10.0.